The number of ketones is 1. The fourth-order valence-corrected chi connectivity index (χ4v) is 3.55. The van der Waals surface area contributed by atoms with Gasteiger partial charge < -0.3 is 5.21 Å². The molecule has 0 aromatic heterocycles. The minimum atomic E-state index is -0.106. The zero-order chi connectivity index (χ0) is 10.1. The number of halogens is 1. The quantitative estimate of drug-likeness (QED) is 0.423. The van der Waals surface area contributed by atoms with Crippen LogP contribution in [0.2, 0.25) is 0 Å². The smallest absolute Gasteiger partial charge is 0.188 e. The number of hydrogen-bond acceptors (Lipinski definition) is 3. The number of rotatable bonds is 0. The first-order chi connectivity index (χ1) is 6.74. The van der Waals surface area contributed by atoms with Gasteiger partial charge in [-0.2, -0.15) is 0 Å². The van der Waals surface area contributed by atoms with E-state index in [4.69, 9.17) is 5.21 Å². The van der Waals surface area contributed by atoms with Gasteiger partial charge in [0.05, 0.1) is 0 Å². The summed E-state index contributed by atoms with van der Waals surface area (Å²) in [7, 11) is 0. The number of oxime groups is 1. The lowest BCUT2D eigenvalue weighted by Crippen LogP contribution is -2.30. The number of carbonyl (C=O) groups excluding carboxylic acids is 1. The van der Waals surface area contributed by atoms with Gasteiger partial charge in [-0.05, 0) is 20.1 Å². The third kappa shape index (κ3) is 1.47. The Morgan fingerprint density at radius 2 is 2.43 bits per heavy atom. The molecule has 1 fully saturated rings. The van der Waals surface area contributed by atoms with Crippen molar-refractivity contribution in [3.8, 4) is 0 Å². The average Bonchev–Trinajstić information content (AvgIpc) is 2.20. The lowest BCUT2D eigenvalue weighted by molar-refractivity contribution is -0.116. The van der Waals surface area contributed by atoms with Gasteiger partial charge in [0.15, 0.2) is 11.5 Å². The molecule has 0 aromatic rings. The predicted octanol–water partition coefficient (Wildman–Crippen LogP) is 2.02. The van der Waals surface area contributed by atoms with Gasteiger partial charge in [0.1, 0.15) is 0 Å². The highest BCUT2D eigenvalue weighted by molar-refractivity contribution is 14.2. The molecule has 1 atom stereocenters. The standard InChI is InChI=1S/C10H10INO2/c1-6-4-7-2-3-11-5-8(7)9(12-14)10(6)13/h2-3,5-6,14H,4H2,1H3. The van der Waals surface area contributed by atoms with E-state index in [1.54, 1.807) is 0 Å². The van der Waals surface area contributed by atoms with Gasteiger partial charge in [-0.25, -0.2) is 0 Å². The Morgan fingerprint density at radius 3 is 3.14 bits per heavy atom. The lowest BCUT2D eigenvalue weighted by Gasteiger charge is -2.23. The molecule has 1 saturated carbocycles. The van der Waals surface area contributed by atoms with Crippen LogP contribution in [0.4, 0.5) is 0 Å². The van der Waals surface area contributed by atoms with Crippen LogP contribution in [0.5, 0.6) is 0 Å². The van der Waals surface area contributed by atoms with E-state index in [1.807, 2.05) is 11.0 Å². The van der Waals surface area contributed by atoms with Crippen molar-refractivity contribution < 1.29 is 10.0 Å². The maximum Gasteiger partial charge on any atom is 0.188 e. The second-order valence-electron chi connectivity index (χ2n) is 3.38. The maximum atomic E-state index is 11.7. The summed E-state index contributed by atoms with van der Waals surface area (Å²) in [6.07, 6.45) is 2.83. The molecular weight excluding hydrogens is 293 g/mol. The van der Waals surface area contributed by atoms with Crippen molar-refractivity contribution in [3.63, 3.8) is 0 Å². The van der Waals surface area contributed by atoms with Crippen LogP contribution >= 0.6 is 20.7 Å². The van der Waals surface area contributed by atoms with Crippen LogP contribution in [0, 0.1) is 5.92 Å². The van der Waals surface area contributed by atoms with Gasteiger partial charge in [-0.1, -0.05) is 38.9 Å². The molecule has 0 bridgehead atoms. The summed E-state index contributed by atoms with van der Waals surface area (Å²) in [6.45, 7) is 1.87. The molecule has 0 saturated heterocycles. The maximum absolute atomic E-state index is 11.7. The highest BCUT2D eigenvalue weighted by Crippen LogP contribution is 2.32. The molecule has 74 valence electrons. The zero-order valence-corrected chi connectivity index (χ0v) is 9.85. The van der Waals surface area contributed by atoms with E-state index >= 15 is 0 Å². The third-order valence-electron chi connectivity index (χ3n) is 2.42. The molecule has 1 aliphatic heterocycles. The molecule has 1 unspecified atom stereocenters. The minimum Gasteiger partial charge on any atom is -0.410 e. The Morgan fingerprint density at radius 1 is 1.64 bits per heavy atom. The van der Waals surface area contributed by atoms with E-state index in [1.165, 1.54) is 0 Å². The number of hydrogen-bond donors (Lipinski definition) is 1. The number of nitrogens with zero attached hydrogens (tertiary/aromatic N) is 1. The van der Waals surface area contributed by atoms with Gasteiger partial charge in [0.2, 0.25) is 0 Å². The third-order valence-corrected chi connectivity index (χ3v) is 4.17. The van der Waals surface area contributed by atoms with E-state index in [2.05, 4.69) is 15.2 Å². The summed E-state index contributed by atoms with van der Waals surface area (Å²) < 4.78 is 4.21. The van der Waals surface area contributed by atoms with Gasteiger partial charge in [0, 0.05) is 11.5 Å². The average molecular weight is 303 g/mol. The fraction of sp³-hybridized carbons (Fsp3) is 0.300. The SMILES string of the molecule is CC1CC2=CC=IC=C2C(=NO)C1=O. The first-order valence-electron chi connectivity index (χ1n) is 4.35. The van der Waals surface area contributed by atoms with Crippen LogP contribution in [-0.2, 0) is 4.79 Å². The van der Waals surface area contributed by atoms with Gasteiger partial charge in [-0.15, -0.1) is 0 Å². The largest absolute Gasteiger partial charge is 0.410 e. The summed E-state index contributed by atoms with van der Waals surface area (Å²) >= 11 is -0.106. The Labute approximate surface area is 91.9 Å². The van der Waals surface area contributed by atoms with Crippen LogP contribution in [0.3, 0.4) is 0 Å². The summed E-state index contributed by atoms with van der Waals surface area (Å²) in [4.78, 5) is 11.7. The molecule has 0 radical (unpaired) electrons. The van der Waals surface area contributed by atoms with Gasteiger partial charge in [0.25, 0.3) is 0 Å². The molecule has 0 aromatic carbocycles. The summed E-state index contributed by atoms with van der Waals surface area (Å²) in [5.41, 5.74) is 2.25. The molecule has 14 heavy (non-hydrogen) atoms. The fourth-order valence-electron chi connectivity index (χ4n) is 1.65. The van der Waals surface area contributed by atoms with Crippen LogP contribution < -0.4 is 0 Å². The summed E-state index contributed by atoms with van der Waals surface area (Å²) in [5, 5.41) is 11.9. The summed E-state index contributed by atoms with van der Waals surface area (Å²) in [5.74, 6) is -0.101. The van der Waals surface area contributed by atoms with E-state index in [-0.39, 0.29) is 38.1 Å². The van der Waals surface area contributed by atoms with E-state index in [0.717, 1.165) is 17.6 Å². The molecule has 1 heterocycles. The molecule has 4 heteroatoms. The second kappa shape index (κ2) is 3.76. The Bertz CT molecular complexity index is 404. The normalized spacial score (nSPS) is 29.1. The monoisotopic (exact) mass is 303 g/mol. The molecule has 2 aliphatic rings. The van der Waals surface area contributed by atoms with E-state index in [0.29, 0.717) is 0 Å². The molecule has 0 amide bonds. The molecular formula is C10H10INO2. The number of allylic oxidation sites excluding steroid dienone is 3. The molecule has 0 spiro atoms. The van der Waals surface area contributed by atoms with Crippen molar-refractivity contribution in [2.24, 2.45) is 11.1 Å². The van der Waals surface area contributed by atoms with Crippen LogP contribution in [0.1, 0.15) is 13.3 Å². The van der Waals surface area contributed by atoms with Gasteiger partial charge >= 0.3 is 0 Å². The van der Waals surface area contributed by atoms with Crippen LogP contribution in [0.15, 0.2) is 26.5 Å². The highest BCUT2D eigenvalue weighted by atomic mass is 127. The predicted molar refractivity (Wildman–Crippen MR) is 64.3 cm³/mol. The van der Waals surface area contributed by atoms with E-state index < -0.39 is 0 Å². The van der Waals surface area contributed by atoms with Crippen molar-refractivity contribution in [2.45, 2.75) is 13.3 Å². The molecule has 3 nitrogen and oxygen atoms in total. The van der Waals surface area contributed by atoms with E-state index in [9.17, 15) is 4.79 Å². The Kier molecular flexibility index (Phi) is 2.62. The van der Waals surface area contributed by atoms with Crippen molar-refractivity contribution >= 4 is 36.2 Å². The van der Waals surface area contributed by atoms with Crippen molar-refractivity contribution in [3.05, 3.63) is 21.3 Å². The van der Waals surface area contributed by atoms with Crippen molar-refractivity contribution in [1.29, 1.82) is 0 Å². The van der Waals surface area contributed by atoms with Gasteiger partial charge in [-0.3, -0.25) is 4.79 Å². The summed E-state index contributed by atoms with van der Waals surface area (Å²) in [6, 6.07) is 0. The Balaban J connectivity index is 2.50. The van der Waals surface area contributed by atoms with Crippen LogP contribution in [0.25, 0.3) is 0 Å². The first-order valence-corrected chi connectivity index (χ1v) is 6.84. The number of fused-ring (bicyclic) bond motifs is 1. The Hall–Kier alpha value is -0.780. The minimum absolute atomic E-state index is 0.0400. The molecule has 1 aliphatic carbocycles. The second-order valence-corrected chi connectivity index (χ2v) is 5.45. The zero-order valence-electron chi connectivity index (χ0n) is 7.70. The first kappa shape index (κ1) is 9.76. The lowest BCUT2D eigenvalue weighted by atomic mass is 9.81. The van der Waals surface area contributed by atoms with Crippen molar-refractivity contribution in [2.75, 3.05) is 0 Å². The molecule has 2 rings (SSSR count). The highest BCUT2D eigenvalue weighted by Gasteiger charge is 2.32. The van der Waals surface area contributed by atoms with Crippen LogP contribution in [-0.4, -0.2) is 20.7 Å². The number of Topliss-reactive ketones (excluding diaryl/α,β-unsaturated/α-hetero) is 1. The number of carbonyl (C=O) groups is 1. The topological polar surface area (TPSA) is 49.7 Å². The van der Waals surface area contributed by atoms with Crippen molar-refractivity contribution in [1.82, 2.24) is 0 Å². The molecule has 1 N–H and O–H groups in total.